The highest BCUT2D eigenvalue weighted by molar-refractivity contribution is 6.22. The van der Waals surface area contributed by atoms with Gasteiger partial charge in [0, 0.05) is 51.9 Å². The molecule has 0 bridgehead atoms. The zero-order valence-electron chi connectivity index (χ0n) is 24.8. The molecule has 0 aliphatic carbocycles. The molecule has 1 saturated heterocycles. The Morgan fingerprint density at radius 3 is 2.50 bits per heavy atom. The SMILES string of the molecule is Cc1ccc(OC[C@H](O)CNc2cc[nH]c(=O)c2C2=Nc3cc4c(cc3C2)C(=O)N(N2CCN(CCO)CC2)C4=O)c(C)c1. The van der Waals surface area contributed by atoms with Crippen molar-refractivity contribution in [3.05, 3.63) is 86.3 Å². The summed E-state index contributed by atoms with van der Waals surface area (Å²) in [4.78, 5) is 49.2. The van der Waals surface area contributed by atoms with Gasteiger partial charge in [-0.1, -0.05) is 17.7 Å². The van der Waals surface area contributed by atoms with E-state index < -0.39 is 6.10 Å². The first-order valence-corrected chi connectivity index (χ1v) is 14.8. The fourth-order valence-electron chi connectivity index (χ4n) is 5.97. The lowest BCUT2D eigenvalue weighted by molar-refractivity contribution is -0.0228. The predicted molar refractivity (Wildman–Crippen MR) is 165 cm³/mol. The minimum Gasteiger partial charge on any atom is -0.491 e. The Bertz CT molecular complexity index is 1690. The minimum atomic E-state index is -0.842. The third-order valence-corrected chi connectivity index (χ3v) is 8.26. The lowest BCUT2D eigenvalue weighted by Gasteiger charge is -2.37. The van der Waals surface area contributed by atoms with E-state index in [2.05, 4.69) is 15.2 Å². The number of benzene rings is 2. The lowest BCUT2D eigenvalue weighted by atomic mass is 10.00. The van der Waals surface area contributed by atoms with Crippen molar-refractivity contribution in [2.24, 2.45) is 4.99 Å². The van der Waals surface area contributed by atoms with Crippen molar-refractivity contribution in [1.82, 2.24) is 19.9 Å². The molecule has 44 heavy (non-hydrogen) atoms. The number of pyridine rings is 1. The summed E-state index contributed by atoms with van der Waals surface area (Å²) < 4.78 is 5.80. The average Bonchev–Trinajstić information content (AvgIpc) is 3.52. The quantitative estimate of drug-likeness (QED) is 0.255. The second kappa shape index (κ2) is 12.3. The number of nitrogens with zero attached hydrogens (tertiary/aromatic N) is 4. The van der Waals surface area contributed by atoms with Crippen molar-refractivity contribution in [3.8, 4) is 5.75 Å². The molecule has 3 aromatic rings. The molecule has 1 fully saturated rings. The minimum absolute atomic E-state index is 0.0681. The van der Waals surface area contributed by atoms with Crippen LogP contribution in [-0.4, -0.2) is 106 Å². The number of amides is 2. The Morgan fingerprint density at radius 2 is 1.77 bits per heavy atom. The topological polar surface area (TPSA) is 151 Å². The molecule has 0 saturated carbocycles. The summed E-state index contributed by atoms with van der Waals surface area (Å²) in [5.41, 5.74) is 5.06. The molecular weight excluding hydrogens is 564 g/mol. The Morgan fingerprint density at radius 1 is 1.02 bits per heavy atom. The number of hydrogen-bond donors (Lipinski definition) is 4. The first-order chi connectivity index (χ1) is 21.2. The molecule has 1 atom stereocenters. The summed E-state index contributed by atoms with van der Waals surface area (Å²) in [6.07, 6.45) is 0.995. The van der Waals surface area contributed by atoms with E-state index in [4.69, 9.17) is 9.73 Å². The number of aromatic nitrogens is 1. The number of aryl methyl sites for hydroxylation is 2. The number of aliphatic hydroxyl groups is 2. The second-order valence-corrected chi connectivity index (χ2v) is 11.4. The van der Waals surface area contributed by atoms with Gasteiger partial charge in [0.05, 0.1) is 40.4 Å². The van der Waals surface area contributed by atoms with E-state index in [-0.39, 0.29) is 37.1 Å². The molecular formula is C32H36N6O6. The zero-order chi connectivity index (χ0) is 31.0. The zero-order valence-corrected chi connectivity index (χ0v) is 24.8. The number of H-pyrrole nitrogens is 1. The molecule has 2 aromatic carbocycles. The normalized spacial score (nSPS) is 17.5. The smallest absolute Gasteiger partial charge is 0.276 e. The number of hydrazine groups is 1. The molecule has 4 N–H and O–H groups in total. The van der Waals surface area contributed by atoms with Crippen LogP contribution in [0.2, 0.25) is 0 Å². The number of fused-ring (bicyclic) bond motifs is 2. The van der Waals surface area contributed by atoms with E-state index in [9.17, 15) is 24.6 Å². The van der Waals surface area contributed by atoms with Gasteiger partial charge in [0.15, 0.2) is 0 Å². The molecule has 2 amide bonds. The Balaban J connectivity index is 1.15. The van der Waals surface area contributed by atoms with Gasteiger partial charge in [-0.25, -0.2) is 10.0 Å². The fraction of sp³-hybridized carbons (Fsp3) is 0.375. The van der Waals surface area contributed by atoms with Crippen LogP contribution in [-0.2, 0) is 6.42 Å². The molecule has 3 aliphatic rings. The predicted octanol–water partition coefficient (Wildman–Crippen LogP) is 1.64. The van der Waals surface area contributed by atoms with E-state index in [1.165, 1.54) is 11.2 Å². The van der Waals surface area contributed by atoms with Gasteiger partial charge in [0.2, 0.25) is 0 Å². The van der Waals surface area contributed by atoms with Crippen LogP contribution in [0.25, 0.3) is 0 Å². The van der Waals surface area contributed by atoms with E-state index >= 15 is 0 Å². The molecule has 4 heterocycles. The first-order valence-electron chi connectivity index (χ1n) is 14.8. The molecule has 12 heteroatoms. The number of hydrogen-bond acceptors (Lipinski definition) is 10. The maximum atomic E-state index is 13.4. The van der Waals surface area contributed by atoms with Gasteiger partial charge < -0.3 is 25.3 Å². The van der Waals surface area contributed by atoms with Gasteiger partial charge >= 0.3 is 0 Å². The maximum Gasteiger partial charge on any atom is 0.276 e. The number of aliphatic hydroxyl groups excluding tert-OH is 2. The van der Waals surface area contributed by atoms with Crippen molar-refractivity contribution in [3.63, 3.8) is 0 Å². The number of β-amino-alcohol motifs (C(OH)–C–C–N with tert-alkyl or cyclic N) is 1. The molecule has 6 rings (SSSR count). The summed E-state index contributed by atoms with van der Waals surface area (Å²) in [6, 6.07) is 10.9. The number of piperazine rings is 1. The molecule has 0 radical (unpaired) electrons. The largest absolute Gasteiger partial charge is 0.491 e. The lowest BCUT2D eigenvalue weighted by Crippen LogP contribution is -2.55. The number of ether oxygens (including phenoxy) is 1. The highest BCUT2D eigenvalue weighted by Gasteiger charge is 2.41. The van der Waals surface area contributed by atoms with E-state index in [1.54, 1.807) is 23.2 Å². The summed E-state index contributed by atoms with van der Waals surface area (Å²) in [6.45, 7) is 7.12. The van der Waals surface area contributed by atoms with Crippen molar-refractivity contribution < 1.29 is 24.5 Å². The fourth-order valence-corrected chi connectivity index (χ4v) is 5.97. The Labute approximate surface area is 254 Å². The highest BCUT2D eigenvalue weighted by atomic mass is 16.5. The molecule has 0 spiro atoms. The van der Waals surface area contributed by atoms with Gasteiger partial charge in [-0.15, -0.1) is 0 Å². The summed E-state index contributed by atoms with van der Waals surface area (Å²) in [7, 11) is 0. The Kier molecular flexibility index (Phi) is 8.32. The average molecular weight is 601 g/mol. The number of carbonyl (C=O) groups is 2. The van der Waals surface area contributed by atoms with Gasteiger partial charge in [0.25, 0.3) is 17.4 Å². The summed E-state index contributed by atoms with van der Waals surface area (Å²) in [5, 5.41) is 25.9. The number of nitrogens with one attached hydrogen (secondary N) is 2. The van der Waals surface area contributed by atoms with E-state index in [1.807, 2.05) is 32.0 Å². The van der Waals surface area contributed by atoms with Crippen LogP contribution in [0.4, 0.5) is 11.4 Å². The number of aromatic amines is 1. The summed E-state index contributed by atoms with van der Waals surface area (Å²) in [5.74, 6) is -0.0463. The number of rotatable bonds is 10. The molecule has 12 nitrogen and oxygen atoms in total. The van der Waals surface area contributed by atoms with Crippen LogP contribution in [0.3, 0.4) is 0 Å². The van der Waals surface area contributed by atoms with Crippen LogP contribution in [0, 0.1) is 13.8 Å². The standard InChI is InChI=1S/C32H36N6O6/c1-19-3-4-28(20(2)13-19)44-18-22(40)17-34-25-5-6-33-30(41)29(25)27-15-21-14-23-24(16-26(21)35-27)32(43)38(31(23)42)37-9-7-36(8-10-37)11-12-39/h3-6,13-14,16,22,39-40H,7-12,15,17-18H2,1-2H3,(H2,33,34,41)/t22-/m1/s1. The van der Waals surface area contributed by atoms with Crippen molar-refractivity contribution in [1.29, 1.82) is 0 Å². The van der Waals surface area contributed by atoms with Gasteiger partial charge in [-0.2, -0.15) is 0 Å². The summed E-state index contributed by atoms with van der Waals surface area (Å²) >= 11 is 0. The number of aliphatic imine (C=N–C) groups is 1. The van der Waals surface area contributed by atoms with E-state index in [0.717, 1.165) is 16.7 Å². The number of carbonyl (C=O) groups excluding carboxylic acids is 2. The van der Waals surface area contributed by atoms with Crippen LogP contribution < -0.4 is 15.6 Å². The molecule has 0 unspecified atom stereocenters. The first kappa shape index (κ1) is 29.7. The maximum absolute atomic E-state index is 13.4. The third kappa shape index (κ3) is 5.76. The van der Waals surface area contributed by atoms with E-state index in [0.29, 0.717) is 78.7 Å². The number of imide groups is 1. The Hall–Kier alpha value is -4.36. The van der Waals surface area contributed by atoms with Crippen LogP contribution in [0.5, 0.6) is 5.75 Å². The van der Waals surface area contributed by atoms with Crippen molar-refractivity contribution in [2.75, 3.05) is 57.8 Å². The number of anilines is 1. The molecule has 3 aliphatic heterocycles. The van der Waals surface area contributed by atoms with Crippen LogP contribution in [0.1, 0.15) is 43.0 Å². The second-order valence-electron chi connectivity index (χ2n) is 11.4. The van der Waals surface area contributed by atoms with Gasteiger partial charge in [-0.3, -0.25) is 24.3 Å². The van der Waals surface area contributed by atoms with Crippen LogP contribution >= 0.6 is 0 Å². The highest BCUT2D eigenvalue weighted by Crippen LogP contribution is 2.36. The van der Waals surface area contributed by atoms with Crippen molar-refractivity contribution in [2.45, 2.75) is 26.4 Å². The van der Waals surface area contributed by atoms with Gasteiger partial charge in [0.1, 0.15) is 18.5 Å². The molecule has 1 aromatic heterocycles. The third-order valence-electron chi connectivity index (χ3n) is 8.26. The molecule has 230 valence electrons. The monoisotopic (exact) mass is 600 g/mol. The van der Waals surface area contributed by atoms with Crippen molar-refractivity contribution >= 4 is 28.9 Å². The van der Waals surface area contributed by atoms with Crippen LogP contribution in [0.15, 0.2) is 52.4 Å². The van der Waals surface area contributed by atoms with Gasteiger partial charge in [-0.05, 0) is 49.2 Å².